The summed E-state index contributed by atoms with van der Waals surface area (Å²) in [4.78, 5) is 24.2. The Bertz CT molecular complexity index is 759. The molecule has 0 atom stereocenters. The molecule has 1 aromatic heterocycles. The minimum Gasteiger partial charge on any atom is -0.493 e. The number of halogens is 1. The molecular weight excluding hydrogens is 384 g/mol. The Balaban J connectivity index is 0.00000280. The number of ether oxygens (including phenoxy) is 2. The number of nitrogens with zero attached hydrogens (tertiary/aromatic N) is 2. The molecule has 2 N–H and O–H groups in total. The maximum Gasteiger partial charge on any atom is 0.308 e. The van der Waals surface area contributed by atoms with E-state index in [-0.39, 0.29) is 37.3 Å². The van der Waals surface area contributed by atoms with Gasteiger partial charge in [0.15, 0.2) is 0 Å². The summed E-state index contributed by atoms with van der Waals surface area (Å²) < 4.78 is 11.8. The van der Waals surface area contributed by atoms with Crippen LogP contribution in [0.3, 0.4) is 0 Å². The molecule has 1 saturated heterocycles. The number of piperidine rings is 1. The van der Waals surface area contributed by atoms with Crippen molar-refractivity contribution in [3.05, 3.63) is 42.7 Å². The molecule has 0 unspecified atom stereocenters. The number of hydrogen-bond acceptors (Lipinski definition) is 6. The second-order valence-electron chi connectivity index (χ2n) is 6.39. The van der Waals surface area contributed by atoms with Crippen molar-refractivity contribution in [1.82, 2.24) is 15.1 Å². The first kappa shape index (κ1) is 21.7. The number of benzene rings is 1. The van der Waals surface area contributed by atoms with Gasteiger partial charge in [-0.05, 0) is 56.3 Å². The molecule has 3 rings (SSSR count). The third kappa shape index (κ3) is 5.02. The zero-order valence-corrected chi connectivity index (χ0v) is 16.5. The Morgan fingerprint density at radius 3 is 2.57 bits per heavy atom. The summed E-state index contributed by atoms with van der Waals surface area (Å²) in [5.41, 5.74) is -0.00451. The molecule has 2 heterocycles. The van der Waals surface area contributed by atoms with Gasteiger partial charge in [-0.3, -0.25) is 14.3 Å². The minimum absolute atomic E-state index is 0. The van der Waals surface area contributed by atoms with Crippen molar-refractivity contribution in [1.29, 1.82) is 0 Å². The van der Waals surface area contributed by atoms with Gasteiger partial charge in [0.1, 0.15) is 11.3 Å². The van der Waals surface area contributed by atoms with Gasteiger partial charge in [-0.15, -0.1) is 12.4 Å². The molecule has 28 heavy (non-hydrogen) atoms. The monoisotopic (exact) mass is 408 g/mol. The fraction of sp³-hybridized carbons (Fsp3) is 0.421. The summed E-state index contributed by atoms with van der Waals surface area (Å²) >= 11 is 0. The maximum absolute atomic E-state index is 13.1. The number of aromatic nitrogens is 2. The molecule has 1 aromatic carbocycles. The highest BCUT2D eigenvalue weighted by molar-refractivity contribution is 5.96. The van der Waals surface area contributed by atoms with Gasteiger partial charge >= 0.3 is 5.97 Å². The van der Waals surface area contributed by atoms with Crippen molar-refractivity contribution in [2.45, 2.75) is 24.8 Å². The first-order valence-corrected chi connectivity index (χ1v) is 8.96. The molecule has 0 bridgehead atoms. The van der Waals surface area contributed by atoms with Crippen LogP contribution in [0.5, 0.6) is 5.75 Å². The van der Waals surface area contributed by atoms with Crippen molar-refractivity contribution < 1.29 is 19.1 Å². The minimum atomic E-state index is -0.690. The number of nitrogens with one attached hydrogen (secondary N) is 2. The van der Waals surface area contributed by atoms with Crippen LogP contribution in [0.15, 0.2) is 42.7 Å². The average molecular weight is 409 g/mol. The molecule has 9 heteroatoms. The van der Waals surface area contributed by atoms with E-state index in [0.717, 1.165) is 13.1 Å². The van der Waals surface area contributed by atoms with Gasteiger partial charge in [0, 0.05) is 18.1 Å². The lowest BCUT2D eigenvalue weighted by molar-refractivity contribution is -0.141. The molecule has 0 aliphatic carbocycles. The largest absolute Gasteiger partial charge is 0.493 e. The van der Waals surface area contributed by atoms with Crippen molar-refractivity contribution in [3.63, 3.8) is 0 Å². The van der Waals surface area contributed by atoms with Crippen LogP contribution in [-0.2, 0) is 19.9 Å². The van der Waals surface area contributed by atoms with Crippen LogP contribution in [0, 0.1) is 0 Å². The van der Waals surface area contributed by atoms with Gasteiger partial charge in [0.2, 0.25) is 0 Å². The van der Waals surface area contributed by atoms with E-state index in [1.54, 1.807) is 35.1 Å². The van der Waals surface area contributed by atoms with Gasteiger partial charge in [-0.2, -0.15) is 5.10 Å². The lowest BCUT2D eigenvalue weighted by Gasteiger charge is -2.36. The predicted octanol–water partition coefficient (Wildman–Crippen LogP) is 1.96. The third-order valence-corrected chi connectivity index (χ3v) is 4.71. The van der Waals surface area contributed by atoms with Crippen LogP contribution in [-0.4, -0.2) is 48.5 Å². The first-order chi connectivity index (χ1) is 13.1. The molecule has 1 aliphatic heterocycles. The molecule has 1 fully saturated rings. The molecule has 1 aliphatic rings. The molecule has 0 radical (unpaired) electrons. The summed E-state index contributed by atoms with van der Waals surface area (Å²) in [5.74, 6) is 0.234. The highest BCUT2D eigenvalue weighted by Crippen LogP contribution is 2.29. The van der Waals surface area contributed by atoms with Gasteiger partial charge in [-0.25, -0.2) is 0 Å². The van der Waals surface area contributed by atoms with E-state index in [1.165, 1.54) is 7.11 Å². The summed E-state index contributed by atoms with van der Waals surface area (Å²) in [6.45, 7) is 1.77. The van der Waals surface area contributed by atoms with Crippen LogP contribution in [0.4, 0.5) is 5.69 Å². The number of carbonyl (C=O) groups excluding carboxylic acids is 2. The van der Waals surface area contributed by atoms with Crippen LogP contribution in [0.25, 0.3) is 0 Å². The number of amides is 1. The highest BCUT2D eigenvalue weighted by Gasteiger charge is 2.42. The molecule has 0 spiro atoms. The normalized spacial score (nSPS) is 15.2. The Kier molecular flexibility index (Phi) is 7.83. The van der Waals surface area contributed by atoms with Crippen LogP contribution >= 0.6 is 12.4 Å². The topological polar surface area (TPSA) is 94.5 Å². The SMILES string of the molecule is COC(=O)CCOc1ccc(NC(=O)C2(n3cccn3)CCNCC2)cc1.Cl. The Morgan fingerprint density at radius 1 is 1.25 bits per heavy atom. The van der Waals surface area contributed by atoms with Gasteiger partial charge in [0.05, 0.1) is 20.1 Å². The van der Waals surface area contributed by atoms with Gasteiger partial charge in [-0.1, -0.05) is 0 Å². The molecule has 2 aromatic rings. The number of hydrogen-bond donors (Lipinski definition) is 2. The van der Waals surface area contributed by atoms with Crippen molar-refractivity contribution >= 4 is 30.0 Å². The van der Waals surface area contributed by atoms with Gasteiger partial charge in [0.25, 0.3) is 5.91 Å². The predicted molar refractivity (Wildman–Crippen MR) is 107 cm³/mol. The van der Waals surface area contributed by atoms with E-state index >= 15 is 0 Å². The third-order valence-electron chi connectivity index (χ3n) is 4.71. The number of rotatable bonds is 7. The second-order valence-corrected chi connectivity index (χ2v) is 6.39. The maximum atomic E-state index is 13.1. The number of methoxy groups -OCH3 is 1. The number of carbonyl (C=O) groups is 2. The van der Waals surface area contributed by atoms with Crippen LogP contribution in [0.1, 0.15) is 19.3 Å². The lowest BCUT2D eigenvalue weighted by atomic mass is 9.87. The van der Waals surface area contributed by atoms with E-state index < -0.39 is 5.54 Å². The fourth-order valence-electron chi connectivity index (χ4n) is 3.16. The van der Waals surface area contributed by atoms with Crippen molar-refractivity contribution in [2.24, 2.45) is 0 Å². The highest BCUT2D eigenvalue weighted by atomic mass is 35.5. The van der Waals surface area contributed by atoms with E-state index in [1.807, 2.05) is 12.3 Å². The number of esters is 1. The molecule has 152 valence electrons. The first-order valence-electron chi connectivity index (χ1n) is 8.96. The van der Waals surface area contributed by atoms with Crippen LogP contribution < -0.4 is 15.4 Å². The molecule has 1 amide bonds. The molecule has 0 saturated carbocycles. The molecule has 8 nitrogen and oxygen atoms in total. The molecular formula is C19H25ClN4O4. The summed E-state index contributed by atoms with van der Waals surface area (Å²) in [6.07, 6.45) is 5.07. The smallest absolute Gasteiger partial charge is 0.308 e. The van der Waals surface area contributed by atoms with Crippen molar-refractivity contribution in [2.75, 3.05) is 32.1 Å². The van der Waals surface area contributed by atoms with Crippen LogP contribution in [0.2, 0.25) is 0 Å². The Labute approximate surface area is 170 Å². The lowest BCUT2D eigenvalue weighted by Crippen LogP contribution is -2.52. The number of anilines is 1. The fourth-order valence-corrected chi connectivity index (χ4v) is 3.16. The summed E-state index contributed by atoms with van der Waals surface area (Å²) in [5, 5.41) is 10.6. The quantitative estimate of drug-likeness (QED) is 0.680. The average Bonchev–Trinajstić information content (AvgIpc) is 3.25. The van der Waals surface area contributed by atoms with E-state index in [0.29, 0.717) is 24.3 Å². The zero-order chi connectivity index (χ0) is 19.1. The summed E-state index contributed by atoms with van der Waals surface area (Å²) in [6, 6.07) is 8.91. The van der Waals surface area contributed by atoms with E-state index in [2.05, 4.69) is 20.5 Å². The van der Waals surface area contributed by atoms with Gasteiger partial charge < -0.3 is 20.1 Å². The second kappa shape index (κ2) is 10.1. The zero-order valence-electron chi connectivity index (χ0n) is 15.7. The Hall–Kier alpha value is -2.58. The summed E-state index contributed by atoms with van der Waals surface area (Å²) in [7, 11) is 1.35. The van der Waals surface area contributed by atoms with E-state index in [9.17, 15) is 9.59 Å². The van der Waals surface area contributed by atoms with E-state index in [4.69, 9.17) is 4.74 Å². The Morgan fingerprint density at radius 2 is 1.96 bits per heavy atom. The standard InChI is InChI=1S/C19H24N4O4.ClH/c1-26-17(24)7-14-27-16-5-3-15(4-6-16)22-18(25)19(8-11-20-12-9-19)23-13-2-10-21-23;/h2-6,10,13,20H,7-9,11-12,14H2,1H3,(H,22,25);1H. The van der Waals surface area contributed by atoms with Crippen molar-refractivity contribution in [3.8, 4) is 5.75 Å².